The summed E-state index contributed by atoms with van der Waals surface area (Å²) in [6.07, 6.45) is 0. The number of nitrogens with two attached hydrogens (primary N) is 1. The largest absolute Gasteiger partial charge is 0.439 e. The molecule has 16 heavy (non-hydrogen) atoms. The van der Waals surface area contributed by atoms with Gasteiger partial charge in [-0.2, -0.15) is 0 Å². The number of benzene rings is 1. The Morgan fingerprint density at radius 3 is 2.50 bits per heavy atom. The fourth-order valence-corrected chi connectivity index (χ4v) is 1.69. The molecular formula is C13H16N2O. The number of hydrogen-bond donors (Lipinski definition) is 1. The van der Waals surface area contributed by atoms with Gasteiger partial charge >= 0.3 is 0 Å². The monoisotopic (exact) mass is 216 g/mol. The molecule has 3 nitrogen and oxygen atoms in total. The van der Waals surface area contributed by atoms with Crippen molar-refractivity contribution >= 4 is 0 Å². The first-order valence-electron chi connectivity index (χ1n) is 5.36. The third-order valence-corrected chi connectivity index (χ3v) is 2.78. The molecule has 0 atom stereocenters. The van der Waals surface area contributed by atoms with Crippen molar-refractivity contribution in [2.45, 2.75) is 27.3 Å². The van der Waals surface area contributed by atoms with E-state index < -0.39 is 0 Å². The lowest BCUT2D eigenvalue weighted by Crippen LogP contribution is -1.95. The fraction of sp³-hybridized carbons (Fsp3) is 0.308. The summed E-state index contributed by atoms with van der Waals surface area (Å²) in [5.74, 6) is 1.41. The van der Waals surface area contributed by atoms with Gasteiger partial charge in [0.1, 0.15) is 0 Å². The zero-order valence-electron chi connectivity index (χ0n) is 9.87. The van der Waals surface area contributed by atoms with Gasteiger partial charge in [0.2, 0.25) is 5.89 Å². The maximum Gasteiger partial charge on any atom is 0.208 e. The van der Waals surface area contributed by atoms with Crippen LogP contribution in [0.4, 0.5) is 0 Å². The van der Waals surface area contributed by atoms with Crippen molar-refractivity contribution in [3.8, 4) is 11.3 Å². The minimum absolute atomic E-state index is 0.339. The van der Waals surface area contributed by atoms with E-state index in [1.165, 1.54) is 11.1 Å². The van der Waals surface area contributed by atoms with Crippen LogP contribution in [0.15, 0.2) is 22.6 Å². The molecule has 0 spiro atoms. The summed E-state index contributed by atoms with van der Waals surface area (Å²) >= 11 is 0. The molecular weight excluding hydrogens is 200 g/mol. The quantitative estimate of drug-likeness (QED) is 0.839. The van der Waals surface area contributed by atoms with Gasteiger partial charge in [0, 0.05) is 5.56 Å². The lowest BCUT2D eigenvalue weighted by molar-refractivity contribution is 0.509. The van der Waals surface area contributed by atoms with Gasteiger partial charge in [-0.25, -0.2) is 4.98 Å². The Morgan fingerprint density at radius 1 is 1.19 bits per heavy atom. The SMILES string of the molecule is Cc1ccc(-c2oc(CN)nc2C)cc1C. The van der Waals surface area contributed by atoms with Gasteiger partial charge in [0.15, 0.2) is 5.76 Å². The van der Waals surface area contributed by atoms with Crippen LogP contribution in [0, 0.1) is 20.8 Å². The molecule has 0 saturated heterocycles. The summed E-state index contributed by atoms with van der Waals surface area (Å²) in [5, 5.41) is 0. The molecule has 0 aliphatic rings. The van der Waals surface area contributed by atoms with E-state index in [2.05, 4.69) is 37.0 Å². The first-order valence-corrected chi connectivity index (χ1v) is 5.36. The van der Waals surface area contributed by atoms with Gasteiger partial charge in [-0.1, -0.05) is 12.1 Å². The van der Waals surface area contributed by atoms with Crippen molar-refractivity contribution in [3.63, 3.8) is 0 Å². The molecule has 1 aromatic carbocycles. The zero-order valence-corrected chi connectivity index (χ0v) is 9.87. The number of oxazole rings is 1. The number of nitrogens with zero attached hydrogens (tertiary/aromatic N) is 1. The van der Waals surface area contributed by atoms with E-state index in [-0.39, 0.29) is 0 Å². The van der Waals surface area contributed by atoms with Crippen LogP contribution in [0.2, 0.25) is 0 Å². The van der Waals surface area contributed by atoms with Crippen molar-refractivity contribution in [1.29, 1.82) is 0 Å². The van der Waals surface area contributed by atoms with Crippen molar-refractivity contribution < 1.29 is 4.42 Å². The van der Waals surface area contributed by atoms with E-state index in [1.807, 2.05) is 6.92 Å². The van der Waals surface area contributed by atoms with Crippen LogP contribution in [0.3, 0.4) is 0 Å². The van der Waals surface area contributed by atoms with Crippen LogP contribution in [-0.2, 0) is 6.54 Å². The summed E-state index contributed by atoms with van der Waals surface area (Å²) in [6, 6.07) is 6.26. The summed E-state index contributed by atoms with van der Waals surface area (Å²) in [6.45, 7) is 6.46. The summed E-state index contributed by atoms with van der Waals surface area (Å²) < 4.78 is 5.61. The second-order valence-electron chi connectivity index (χ2n) is 4.03. The summed E-state index contributed by atoms with van der Waals surface area (Å²) in [4.78, 5) is 4.27. The molecule has 0 radical (unpaired) electrons. The molecule has 1 aromatic heterocycles. The highest BCUT2D eigenvalue weighted by Crippen LogP contribution is 2.26. The van der Waals surface area contributed by atoms with Crippen LogP contribution >= 0.6 is 0 Å². The molecule has 3 heteroatoms. The third-order valence-electron chi connectivity index (χ3n) is 2.78. The molecule has 2 rings (SSSR count). The first-order chi connectivity index (χ1) is 7.61. The third kappa shape index (κ3) is 1.86. The predicted molar refractivity (Wildman–Crippen MR) is 64.0 cm³/mol. The van der Waals surface area contributed by atoms with Crippen molar-refractivity contribution in [2.24, 2.45) is 5.73 Å². The van der Waals surface area contributed by atoms with Crippen LogP contribution in [0.5, 0.6) is 0 Å². The Balaban J connectivity index is 2.49. The van der Waals surface area contributed by atoms with Crippen LogP contribution in [0.25, 0.3) is 11.3 Å². The fourth-order valence-electron chi connectivity index (χ4n) is 1.69. The van der Waals surface area contributed by atoms with Gasteiger partial charge in [-0.05, 0) is 38.0 Å². The van der Waals surface area contributed by atoms with Crippen LogP contribution in [0.1, 0.15) is 22.7 Å². The highest BCUT2D eigenvalue weighted by Gasteiger charge is 2.11. The summed E-state index contributed by atoms with van der Waals surface area (Å²) in [5.41, 5.74) is 9.99. The Hall–Kier alpha value is -1.61. The van der Waals surface area contributed by atoms with E-state index in [0.717, 1.165) is 17.0 Å². The van der Waals surface area contributed by atoms with Crippen molar-refractivity contribution in [1.82, 2.24) is 4.98 Å². The Labute approximate surface area is 95.3 Å². The van der Waals surface area contributed by atoms with Gasteiger partial charge in [0.25, 0.3) is 0 Å². The molecule has 0 amide bonds. The van der Waals surface area contributed by atoms with E-state index in [9.17, 15) is 0 Å². The maximum absolute atomic E-state index is 5.61. The second-order valence-corrected chi connectivity index (χ2v) is 4.03. The second kappa shape index (κ2) is 4.10. The minimum Gasteiger partial charge on any atom is -0.439 e. The number of hydrogen-bond acceptors (Lipinski definition) is 3. The molecule has 84 valence electrons. The Bertz CT molecular complexity index is 515. The average Bonchev–Trinajstić information content (AvgIpc) is 2.64. The first kappa shape index (κ1) is 10.9. The van der Waals surface area contributed by atoms with Gasteiger partial charge in [-0.3, -0.25) is 0 Å². The molecule has 0 unspecified atom stereocenters. The van der Waals surface area contributed by atoms with Gasteiger partial charge in [0.05, 0.1) is 12.2 Å². The lowest BCUT2D eigenvalue weighted by atomic mass is 10.0. The number of rotatable bonds is 2. The standard InChI is InChI=1S/C13H16N2O/c1-8-4-5-11(6-9(8)2)13-10(3)15-12(7-14)16-13/h4-6H,7,14H2,1-3H3. The van der Waals surface area contributed by atoms with Gasteiger partial charge < -0.3 is 10.2 Å². The Morgan fingerprint density at radius 2 is 1.94 bits per heavy atom. The average molecular weight is 216 g/mol. The van der Waals surface area contributed by atoms with E-state index in [4.69, 9.17) is 10.2 Å². The molecule has 2 aromatic rings. The molecule has 1 heterocycles. The van der Waals surface area contributed by atoms with Gasteiger partial charge in [-0.15, -0.1) is 0 Å². The zero-order chi connectivity index (χ0) is 11.7. The maximum atomic E-state index is 5.61. The molecule has 0 bridgehead atoms. The molecule has 0 fully saturated rings. The van der Waals surface area contributed by atoms with E-state index in [0.29, 0.717) is 12.4 Å². The van der Waals surface area contributed by atoms with Crippen molar-refractivity contribution in [2.75, 3.05) is 0 Å². The molecule has 0 aliphatic heterocycles. The highest BCUT2D eigenvalue weighted by molar-refractivity contribution is 5.61. The summed E-state index contributed by atoms with van der Waals surface area (Å²) in [7, 11) is 0. The highest BCUT2D eigenvalue weighted by atomic mass is 16.4. The molecule has 0 aliphatic carbocycles. The van der Waals surface area contributed by atoms with Crippen molar-refractivity contribution in [3.05, 3.63) is 40.9 Å². The normalized spacial score (nSPS) is 10.8. The van der Waals surface area contributed by atoms with E-state index in [1.54, 1.807) is 0 Å². The smallest absolute Gasteiger partial charge is 0.208 e. The molecule has 0 saturated carbocycles. The molecule has 2 N–H and O–H groups in total. The lowest BCUT2D eigenvalue weighted by Gasteiger charge is -2.02. The van der Waals surface area contributed by atoms with Crippen LogP contribution in [-0.4, -0.2) is 4.98 Å². The van der Waals surface area contributed by atoms with Crippen LogP contribution < -0.4 is 5.73 Å². The topological polar surface area (TPSA) is 52.0 Å². The number of aryl methyl sites for hydroxylation is 3. The number of aromatic nitrogens is 1. The Kier molecular flexibility index (Phi) is 2.79. The predicted octanol–water partition coefficient (Wildman–Crippen LogP) is 2.73. The van der Waals surface area contributed by atoms with E-state index >= 15 is 0 Å². The minimum atomic E-state index is 0.339.